The molecule has 1 fully saturated rings. The number of carbonyl (C=O) groups is 1. The van der Waals surface area contributed by atoms with Crippen molar-refractivity contribution in [2.45, 2.75) is 64.1 Å². The fourth-order valence-corrected chi connectivity index (χ4v) is 2.66. The van der Waals surface area contributed by atoms with Gasteiger partial charge in [0.1, 0.15) is 19.0 Å². The van der Waals surface area contributed by atoms with Gasteiger partial charge in [0.05, 0.1) is 5.92 Å². The number of hydrogen-bond donors (Lipinski definition) is 0. The molecule has 1 saturated heterocycles. The lowest BCUT2D eigenvalue weighted by Crippen LogP contribution is -2.29. The van der Waals surface area contributed by atoms with Crippen LogP contribution in [0.4, 0.5) is 0 Å². The molecule has 0 bridgehead atoms. The molecule has 1 rings (SSSR count). The third-order valence-corrected chi connectivity index (χ3v) is 3.77. The molecule has 2 unspecified atom stereocenters. The van der Waals surface area contributed by atoms with Gasteiger partial charge in [-0.15, -0.1) is 6.58 Å². The zero-order valence-corrected chi connectivity index (χ0v) is 12.8. The molecule has 1 heterocycles. The van der Waals surface area contributed by atoms with E-state index < -0.39 is 0 Å². The van der Waals surface area contributed by atoms with E-state index in [9.17, 15) is 4.79 Å². The van der Waals surface area contributed by atoms with Crippen molar-refractivity contribution in [1.29, 1.82) is 0 Å². The highest BCUT2D eigenvalue weighted by Gasteiger charge is 2.42. The molecule has 0 aromatic heterocycles. The van der Waals surface area contributed by atoms with E-state index >= 15 is 0 Å². The van der Waals surface area contributed by atoms with Gasteiger partial charge in [-0.3, -0.25) is 4.79 Å². The van der Waals surface area contributed by atoms with Crippen molar-refractivity contribution in [3.05, 3.63) is 12.7 Å². The number of unbranched alkanes of at least 4 members (excludes halogenated alkanes) is 5. The minimum absolute atomic E-state index is 0.120. The van der Waals surface area contributed by atoms with Crippen molar-refractivity contribution in [3.63, 3.8) is 0 Å². The van der Waals surface area contributed by atoms with Crippen LogP contribution in [0.15, 0.2) is 12.7 Å². The highest BCUT2D eigenvalue weighted by molar-refractivity contribution is 5.75. The first-order chi connectivity index (χ1) is 9.70. The summed E-state index contributed by atoms with van der Waals surface area (Å²) in [4.78, 5) is 11.8. The maximum atomic E-state index is 11.8. The molecule has 4 heteroatoms. The Bertz CT molecular complexity index is 290. The molecular formula is C16H28O4. The van der Waals surface area contributed by atoms with E-state index in [1.807, 2.05) is 13.0 Å². The van der Waals surface area contributed by atoms with E-state index in [1.54, 1.807) is 7.11 Å². The summed E-state index contributed by atoms with van der Waals surface area (Å²) in [6.45, 7) is 5.81. The van der Waals surface area contributed by atoms with Crippen LogP contribution in [0.1, 0.15) is 51.9 Å². The molecule has 4 nitrogen and oxygen atoms in total. The second kappa shape index (κ2) is 9.94. The van der Waals surface area contributed by atoms with Gasteiger partial charge in [0.25, 0.3) is 0 Å². The van der Waals surface area contributed by atoms with Crippen LogP contribution in [0.3, 0.4) is 0 Å². The van der Waals surface area contributed by atoms with E-state index in [1.165, 1.54) is 19.3 Å². The number of esters is 1. The van der Waals surface area contributed by atoms with Gasteiger partial charge >= 0.3 is 5.97 Å². The lowest BCUT2D eigenvalue weighted by atomic mass is 9.94. The third-order valence-electron chi connectivity index (χ3n) is 3.77. The maximum Gasteiger partial charge on any atom is 0.312 e. The minimum atomic E-state index is -0.171. The predicted octanol–water partition coefficient (Wildman–Crippen LogP) is 3.45. The highest BCUT2D eigenvalue weighted by atomic mass is 16.7. The van der Waals surface area contributed by atoms with Gasteiger partial charge in [-0.25, -0.2) is 0 Å². The van der Waals surface area contributed by atoms with Crippen molar-refractivity contribution >= 4 is 5.97 Å². The quantitative estimate of drug-likeness (QED) is 0.252. The smallest absolute Gasteiger partial charge is 0.312 e. The first-order valence-electron chi connectivity index (χ1n) is 7.62. The SMILES string of the molecule is C=CCCCCCCCC1C(=O)O[C@@H](C)C1OCOC. The van der Waals surface area contributed by atoms with Crippen molar-refractivity contribution in [1.82, 2.24) is 0 Å². The Morgan fingerprint density at radius 2 is 1.95 bits per heavy atom. The number of cyclic esters (lactones) is 1. The van der Waals surface area contributed by atoms with Gasteiger partial charge in [-0.05, 0) is 26.2 Å². The van der Waals surface area contributed by atoms with Crippen LogP contribution in [-0.2, 0) is 19.0 Å². The Labute approximate surface area is 122 Å². The number of hydrogen-bond acceptors (Lipinski definition) is 4. The Hall–Kier alpha value is -0.870. The number of rotatable bonds is 11. The van der Waals surface area contributed by atoms with Crippen molar-refractivity contribution in [2.24, 2.45) is 5.92 Å². The van der Waals surface area contributed by atoms with Crippen LogP contribution >= 0.6 is 0 Å². The Morgan fingerprint density at radius 3 is 2.65 bits per heavy atom. The van der Waals surface area contributed by atoms with E-state index in [0.29, 0.717) is 0 Å². The molecule has 0 radical (unpaired) electrons. The van der Waals surface area contributed by atoms with Crippen LogP contribution in [0, 0.1) is 5.92 Å². The largest absolute Gasteiger partial charge is 0.460 e. The molecule has 0 N–H and O–H groups in total. The zero-order valence-electron chi connectivity index (χ0n) is 12.8. The zero-order chi connectivity index (χ0) is 14.8. The van der Waals surface area contributed by atoms with Crippen molar-refractivity contribution < 1.29 is 19.0 Å². The van der Waals surface area contributed by atoms with Crippen molar-refractivity contribution in [2.75, 3.05) is 13.9 Å². The average molecular weight is 284 g/mol. The summed E-state index contributed by atoms with van der Waals surface area (Å²) in [6.07, 6.45) is 9.45. The van der Waals surface area contributed by atoms with Crippen LogP contribution in [0.25, 0.3) is 0 Å². The molecule has 0 spiro atoms. The van der Waals surface area contributed by atoms with Gasteiger partial charge < -0.3 is 14.2 Å². The van der Waals surface area contributed by atoms with Crippen LogP contribution < -0.4 is 0 Å². The summed E-state index contributed by atoms with van der Waals surface area (Å²) >= 11 is 0. The monoisotopic (exact) mass is 284 g/mol. The predicted molar refractivity (Wildman–Crippen MR) is 78.3 cm³/mol. The van der Waals surface area contributed by atoms with Gasteiger partial charge in [0, 0.05) is 7.11 Å². The number of ether oxygens (including phenoxy) is 3. The molecule has 0 saturated carbocycles. The van der Waals surface area contributed by atoms with Gasteiger partial charge in [-0.2, -0.15) is 0 Å². The molecule has 0 aromatic rings. The molecule has 1 aliphatic heterocycles. The fourth-order valence-electron chi connectivity index (χ4n) is 2.66. The Kier molecular flexibility index (Phi) is 8.54. The second-order valence-electron chi connectivity index (χ2n) is 5.42. The first-order valence-corrected chi connectivity index (χ1v) is 7.62. The van der Waals surface area contributed by atoms with E-state index in [-0.39, 0.29) is 30.9 Å². The number of allylic oxidation sites excluding steroid dienone is 1. The summed E-state index contributed by atoms with van der Waals surface area (Å²) < 4.78 is 15.8. The minimum Gasteiger partial charge on any atom is -0.460 e. The lowest BCUT2D eigenvalue weighted by molar-refractivity contribution is -0.144. The van der Waals surface area contributed by atoms with Gasteiger partial charge in [0.2, 0.25) is 0 Å². The molecule has 20 heavy (non-hydrogen) atoms. The maximum absolute atomic E-state index is 11.8. The van der Waals surface area contributed by atoms with Crippen molar-refractivity contribution in [3.8, 4) is 0 Å². The average Bonchev–Trinajstić information content (AvgIpc) is 2.70. The normalized spacial score (nSPS) is 25.7. The molecule has 0 amide bonds. The number of carbonyl (C=O) groups excluding carboxylic acids is 1. The molecule has 1 aliphatic rings. The highest BCUT2D eigenvalue weighted by Crippen LogP contribution is 2.29. The van der Waals surface area contributed by atoms with Crippen LogP contribution in [0.5, 0.6) is 0 Å². The molecule has 0 aliphatic carbocycles. The van der Waals surface area contributed by atoms with Crippen LogP contribution in [0.2, 0.25) is 0 Å². The summed E-state index contributed by atoms with van der Waals surface area (Å²) in [5, 5.41) is 0. The third kappa shape index (κ3) is 5.63. The summed E-state index contributed by atoms with van der Waals surface area (Å²) in [7, 11) is 1.58. The van der Waals surface area contributed by atoms with Gasteiger partial charge in [-0.1, -0.05) is 31.8 Å². The lowest BCUT2D eigenvalue weighted by Gasteiger charge is -2.18. The van der Waals surface area contributed by atoms with Crippen LogP contribution in [-0.4, -0.2) is 32.1 Å². The Morgan fingerprint density at radius 1 is 1.25 bits per heavy atom. The van der Waals surface area contributed by atoms with E-state index in [4.69, 9.17) is 14.2 Å². The molecule has 3 atom stereocenters. The van der Waals surface area contributed by atoms with Gasteiger partial charge in [0.15, 0.2) is 0 Å². The topological polar surface area (TPSA) is 44.8 Å². The van der Waals surface area contributed by atoms with E-state index in [0.717, 1.165) is 25.7 Å². The van der Waals surface area contributed by atoms with E-state index in [2.05, 4.69) is 6.58 Å². The number of methoxy groups -OCH3 is 1. The molecular weight excluding hydrogens is 256 g/mol. The fraction of sp³-hybridized carbons (Fsp3) is 0.812. The summed E-state index contributed by atoms with van der Waals surface area (Å²) in [5.41, 5.74) is 0. The Balaban J connectivity index is 2.22. The molecule has 0 aromatic carbocycles. The first kappa shape index (κ1) is 17.2. The second-order valence-corrected chi connectivity index (χ2v) is 5.42. The summed E-state index contributed by atoms with van der Waals surface area (Å²) in [5.74, 6) is -0.251. The standard InChI is InChI=1S/C16H28O4/c1-4-5-6-7-8-9-10-11-14-15(19-12-18-3)13(2)20-16(14)17/h4,13-15H,1,5-12H2,2-3H3/t13-,14?,15?/m0/s1. The summed E-state index contributed by atoms with van der Waals surface area (Å²) in [6, 6.07) is 0. The molecule has 116 valence electrons.